The number of ether oxygens (including phenoxy) is 1. The molecule has 1 saturated heterocycles. The van der Waals surface area contributed by atoms with Crippen molar-refractivity contribution in [2.75, 3.05) is 32.8 Å². The number of hydrogen-bond donors (Lipinski definition) is 1. The fourth-order valence-electron chi connectivity index (χ4n) is 3.79. The molecule has 2 heterocycles. The Morgan fingerprint density at radius 2 is 1.77 bits per heavy atom. The average molecular weight is 405 g/mol. The fourth-order valence-corrected chi connectivity index (χ4v) is 3.79. The highest BCUT2D eigenvalue weighted by atomic mass is 16.5. The number of H-pyrrole nitrogens is 1. The van der Waals surface area contributed by atoms with E-state index in [1.165, 1.54) is 11.6 Å². The van der Waals surface area contributed by atoms with Gasteiger partial charge in [0.2, 0.25) is 11.5 Å². The Morgan fingerprint density at radius 3 is 2.57 bits per heavy atom. The van der Waals surface area contributed by atoms with E-state index in [1.54, 1.807) is 6.07 Å². The molecule has 1 amide bonds. The standard InChI is InChI=1S/C24H27N3O3/c28-23-11-8-20-17-21(9-10-22(20)25-23)30-16-4-7-24(29)27-14-12-26(13-15-27)18-19-5-2-1-3-6-19/h1-3,5-6,8-11,17H,4,7,12-16,18H2,(H,25,28). The SMILES string of the molecule is O=C(CCCOc1ccc2[nH]c(=O)ccc2c1)N1CCN(Cc2ccccc2)CC1. The predicted octanol–water partition coefficient (Wildman–Crippen LogP) is 3.03. The molecule has 1 fully saturated rings. The van der Waals surface area contributed by atoms with E-state index >= 15 is 0 Å². The minimum atomic E-state index is -0.115. The zero-order chi connectivity index (χ0) is 20.8. The van der Waals surface area contributed by atoms with Gasteiger partial charge in [0.25, 0.3) is 0 Å². The van der Waals surface area contributed by atoms with E-state index in [4.69, 9.17) is 4.74 Å². The molecule has 0 radical (unpaired) electrons. The number of rotatable bonds is 7. The maximum Gasteiger partial charge on any atom is 0.248 e. The number of aromatic amines is 1. The van der Waals surface area contributed by atoms with Crippen LogP contribution in [0.3, 0.4) is 0 Å². The van der Waals surface area contributed by atoms with Crippen molar-refractivity contribution < 1.29 is 9.53 Å². The summed E-state index contributed by atoms with van der Waals surface area (Å²) in [4.78, 5) is 31.0. The van der Waals surface area contributed by atoms with Gasteiger partial charge >= 0.3 is 0 Å². The van der Waals surface area contributed by atoms with Gasteiger partial charge in [-0.2, -0.15) is 0 Å². The Kier molecular flexibility index (Phi) is 6.44. The van der Waals surface area contributed by atoms with Crippen LogP contribution in [0.5, 0.6) is 5.75 Å². The van der Waals surface area contributed by atoms with Gasteiger partial charge < -0.3 is 14.6 Å². The minimum Gasteiger partial charge on any atom is -0.494 e. The molecule has 0 aliphatic carbocycles. The third kappa shape index (κ3) is 5.27. The second-order valence-corrected chi connectivity index (χ2v) is 7.67. The second kappa shape index (κ2) is 9.59. The molecular formula is C24H27N3O3. The topological polar surface area (TPSA) is 65.6 Å². The lowest BCUT2D eigenvalue weighted by atomic mass is 10.2. The van der Waals surface area contributed by atoms with E-state index < -0.39 is 0 Å². The van der Waals surface area contributed by atoms with Crippen molar-refractivity contribution in [1.29, 1.82) is 0 Å². The number of nitrogens with zero attached hydrogens (tertiary/aromatic N) is 2. The van der Waals surface area contributed by atoms with E-state index in [-0.39, 0.29) is 11.5 Å². The van der Waals surface area contributed by atoms with Crippen LogP contribution < -0.4 is 10.3 Å². The lowest BCUT2D eigenvalue weighted by Gasteiger charge is -2.34. The first-order valence-electron chi connectivity index (χ1n) is 10.5. The number of benzene rings is 2. The zero-order valence-electron chi connectivity index (χ0n) is 17.0. The van der Waals surface area contributed by atoms with E-state index in [0.717, 1.165) is 49.4 Å². The highest BCUT2D eigenvalue weighted by Gasteiger charge is 2.20. The molecular weight excluding hydrogens is 378 g/mol. The zero-order valence-corrected chi connectivity index (χ0v) is 17.0. The van der Waals surface area contributed by atoms with Crippen molar-refractivity contribution in [1.82, 2.24) is 14.8 Å². The van der Waals surface area contributed by atoms with E-state index in [0.29, 0.717) is 19.4 Å². The molecule has 6 heteroatoms. The Bertz CT molecular complexity index is 1040. The molecule has 1 N–H and O–H groups in total. The molecule has 0 unspecified atom stereocenters. The molecule has 156 valence electrons. The number of carbonyl (C=O) groups excluding carboxylic acids is 1. The maximum absolute atomic E-state index is 12.5. The van der Waals surface area contributed by atoms with Crippen LogP contribution in [0.15, 0.2) is 65.5 Å². The molecule has 3 aromatic rings. The fraction of sp³-hybridized carbons (Fsp3) is 0.333. The van der Waals surface area contributed by atoms with Crippen molar-refractivity contribution in [3.8, 4) is 5.75 Å². The van der Waals surface area contributed by atoms with Gasteiger partial charge in [-0.1, -0.05) is 30.3 Å². The Hall–Kier alpha value is -3.12. The monoisotopic (exact) mass is 405 g/mol. The van der Waals surface area contributed by atoms with Crippen molar-refractivity contribution in [2.45, 2.75) is 19.4 Å². The van der Waals surface area contributed by atoms with Crippen LogP contribution in [0, 0.1) is 0 Å². The normalized spacial score (nSPS) is 14.7. The van der Waals surface area contributed by atoms with Gasteiger partial charge in [-0.15, -0.1) is 0 Å². The summed E-state index contributed by atoms with van der Waals surface area (Å²) >= 11 is 0. The van der Waals surface area contributed by atoms with Gasteiger partial charge in [-0.05, 0) is 36.2 Å². The molecule has 4 rings (SSSR count). The third-order valence-corrected chi connectivity index (χ3v) is 5.47. The molecule has 0 atom stereocenters. The molecule has 1 aliphatic heterocycles. The average Bonchev–Trinajstić information content (AvgIpc) is 2.78. The van der Waals surface area contributed by atoms with Crippen LogP contribution in [0.4, 0.5) is 0 Å². The van der Waals surface area contributed by atoms with E-state index in [2.05, 4.69) is 34.1 Å². The summed E-state index contributed by atoms with van der Waals surface area (Å²) in [6, 6.07) is 19.3. The van der Waals surface area contributed by atoms with Gasteiger partial charge in [-0.3, -0.25) is 14.5 Å². The van der Waals surface area contributed by atoms with Crippen molar-refractivity contribution in [2.24, 2.45) is 0 Å². The predicted molar refractivity (Wildman–Crippen MR) is 118 cm³/mol. The maximum atomic E-state index is 12.5. The number of piperazine rings is 1. The number of nitrogens with one attached hydrogen (secondary N) is 1. The summed E-state index contributed by atoms with van der Waals surface area (Å²) < 4.78 is 5.79. The molecule has 0 bridgehead atoms. The van der Waals surface area contributed by atoms with Crippen LogP contribution in [-0.2, 0) is 11.3 Å². The molecule has 6 nitrogen and oxygen atoms in total. The summed E-state index contributed by atoms with van der Waals surface area (Å²) in [5.74, 6) is 0.950. The van der Waals surface area contributed by atoms with Gasteiger partial charge in [0, 0.05) is 56.1 Å². The van der Waals surface area contributed by atoms with Gasteiger partial charge in [-0.25, -0.2) is 0 Å². The lowest BCUT2D eigenvalue weighted by Crippen LogP contribution is -2.48. The summed E-state index contributed by atoms with van der Waals surface area (Å²) in [7, 11) is 0. The third-order valence-electron chi connectivity index (χ3n) is 5.47. The van der Waals surface area contributed by atoms with Gasteiger partial charge in [0.1, 0.15) is 5.75 Å². The molecule has 1 aliphatic rings. The van der Waals surface area contributed by atoms with Crippen LogP contribution in [-0.4, -0.2) is 53.5 Å². The number of hydrogen-bond acceptors (Lipinski definition) is 4. The first kappa shape index (κ1) is 20.2. The van der Waals surface area contributed by atoms with E-state index in [9.17, 15) is 9.59 Å². The second-order valence-electron chi connectivity index (χ2n) is 7.67. The highest BCUT2D eigenvalue weighted by Crippen LogP contribution is 2.18. The minimum absolute atomic E-state index is 0.115. The number of amides is 1. The number of aromatic nitrogens is 1. The van der Waals surface area contributed by atoms with Crippen LogP contribution in [0.2, 0.25) is 0 Å². The summed E-state index contributed by atoms with van der Waals surface area (Å²) in [6.45, 7) is 4.84. The molecule has 1 aromatic heterocycles. The summed E-state index contributed by atoms with van der Waals surface area (Å²) in [6.07, 6.45) is 1.19. The molecule has 30 heavy (non-hydrogen) atoms. The molecule has 0 saturated carbocycles. The molecule has 0 spiro atoms. The first-order chi connectivity index (χ1) is 14.7. The van der Waals surface area contributed by atoms with Crippen molar-refractivity contribution in [3.05, 3.63) is 76.6 Å². The number of pyridine rings is 1. The highest BCUT2D eigenvalue weighted by molar-refractivity contribution is 5.79. The van der Waals surface area contributed by atoms with Crippen LogP contribution >= 0.6 is 0 Å². The Labute approximate surface area is 176 Å². The van der Waals surface area contributed by atoms with Gasteiger partial charge in [0.15, 0.2) is 0 Å². The number of carbonyl (C=O) groups is 1. The first-order valence-corrected chi connectivity index (χ1v) is 10.5. The quantitative estimate of drug-likeness (QED) is 0.614. The number of fused-ring (bicyclic) bond motifs is 1. The van der Waals surface area contributed by atoms with Crippen molar-refractivity contribution in [3.63, 3.8) is 0 Å². The lowest BCUT2D eigenvalue weighted by molar-refractivity contribution is -0.133. The van der Waals surface area contributed by atoms with Crippen LogP contribution in [0.1, 0.15) is 18.4 Å². The van der Waals surface area contributed by atoms with Gasteiger partial charge in [0.05, 0.1) is 6.61 Å². The van der Waals surface area contributed by atoms with Crippen molar-refractivity contribution >= 4 is 16.8 Å². The molecule has 2 aromatic carbocycles. The smallest absolute Gasteiger partial charge is 0.248 e. The van der Waals surface area contributed by atoms with Crippen LogP contribution in [0.25, 0.3) is 10.9 Å². The van der Waals surface area contributed by atoms with E-state index in [1.807, 2.05) is 29.2 Å². The summed E-state index contributed by atoms with van der Waals surface area (Å²) in [5, 5.41) is 0.927. The largest absolute Gasteiger partial charge is 0.494 e. The Morgan fingerprint density at radius 1 is 0.967 bits per heavy atom. The Balaban J connectivity index is 1.17. The summed E-state index contributed by atoms with van der Waals surface area (Å²) in [5.41, 5.74) is 1.99.